The quantitative estimate of drug-likeness (QED) is 0.371. The lowest BCUT2D eigenvalue weighted by Gasteiger charge is -2.26. The van der Waals surface area contributed by atoms with Gasteiger partial charge in [0.2, 0.25) is 0 Å². The molecule has 0 aromatic heterocycles. The minimum absolute atomic E-state index is 0. The lowest BCUT2D eigenvalue weighted by atomic mass is 9.95. The van der Waals surface area contributed by atoms with Gasteiger partial charge in [0, 0.05) is 13.2 Å². The molecule has 2 nitrogen and oxygen atoms in total. The zero-order valence-corrected chi connectivity index (χ0v) is 18.0. The minimum atomic E-state index is 0. The van der Waals surface area contributed by atoms with Crippen LogP contribution in [0.4, 0.5) is 0 Å². The first kappa shape index (κ1) is 23.5. The second-order valence-electron chi connectivity index (χ2n) is 7.55. The van der Waals surface area contributed by atoms with Gasteiger partial charge in [0.15, 0.2) is 0 Å². The predicted molar refractivity (Wildman–Crippen MR) is 116 cm³/mol. The number of hydrogen-bond acceptors (Lipinski definition) is 2. The lowest BCUT2D eigenvalue weighted by molar-refractivity contribution is 0.0248. The van der Waals surface area contributed by atoms with Crippen molar-refractivity contribution < 1.29 is 4.74 Å². The summed E-state index contributed by atoms with van der Waals surface area (Å²) in [4.78, 5) is 2.47. The van der Waals surface area contributed by atoms with E-state index in [0.29, 0.717) is 0 Å². The van der Waals surface area contributed by atoms with Gasteiger partial charge in [-0.25, -0.2) is 0 Å². The Bertz CT molecular complexity index is 452. The number of benzene rings is 1. The number of hydrogen-bond donors (Lipinski definition) is 0. The van der Waals surface area contributed by atoms with E-state index >= 15 is 0 Å². The van der Waals surface area contributed by atoms with Crippen LogP contribution in [0.25, 0.3) is 0 Å². The van der Waals surface area contributed by atoms with Crippen LogP contribution in [0.5, 0.6) is 0 Å². The van der Waals surface area contributed by atoms with Crippen LogP contribution in [0.15, 0.2) is 24.3 Å². The zero-order chi connectivity index (χ0) is 17.9. The fourth-order valence-electron chi connectivity index (χ4n) is 3.97. The molecular weight excluding hydrogens is 342 g/mol. The number of halogens is 1. The molecule has 0 saturated heterocycles. The van der Waals surface area contributed by atoms with E-state index in [1.807, 2.05) is 0 Å². The Morgan fingerprint density at radius 1 is 0.962 bits per heavy atom. The van der Waals surface area contributed by atoms with Crippen LogP contribution < -0.4 is 0 Å². The summed E-state index contributed by atoms with van der Waals surface area (Å²) in [5.74, 6) is 0.797. The minimum Gasteiger partial charge on any atom is -0.372 e. The molecule has 0 spiro atoms. The average Bonchev–Trinajstić information content (AvgIpc) is 3.19. The molecule has 0 radical (unpaired) electrons. The van der Waals surface area contributed by atoms with Crippen molar-refractivity contribution in [3.63, 3.8) is 0 Å². The highest BCUT2D eigenvalue weighted by Crippen LogP contribution is 2.34. The Hall–Kier alpha value is -0.570. The fraction of sp³-hybridized carbons (Fsp3) is 0.739. The zero-order valence-electron chi connectivity index (χ0n) is 17.2. The van der Waals surface area contributed by atoms with Crippen molar-refractivity contribution in [1.82, 2.24) is 4.90 Å². The average molecular weight is 382 g/mol. The molecule has 1 aliphatic carbocycles. The summed E-state index contributed by atoms with van der Waals surface area (Å²) in [6.45, 7) is 10.8. The summed E-state index contributed by atoms with van der Waals surface area (Å²) in [5.41, 5.74) is 2.88. The molecule has 26 heavy (non-hydrogen) atoms. The molecule has 1 unspecified atom stereocenters. The third kappa shape index (κ3) is 7.58. The SMILES string of the molecule is CCCCCCOC(CN(CC)CC)c1ccc(C2CCCC2)cc1.Cl. The van der Waals surface area contributed by atoms with Crippen LogP contribution in [0.2, 0.25) is 0 Å². The van der Waals surface area contributed by atoms with Gasteiger partial charge in [-0.1, -0.05) is 77.1 Å². The highest BCUT2D eigenvalue weighted by Gasteiger charge is 2.19. The maximum Gasteiger partial charge on any atom is 0.0951 e. The third-order valence-electron chi connectivity index (χ3n) is 5.77. The fourth-order valence-corrected chi connectivity index (χ4v) is 3.97. The predicted octanol–water partition coefficient (Wildman–Crippen LogP) is 6.75. The van der Waals surface area contributed by atoms with Crippen molar-refractivity contribution in [3.8, 4) is 0 Å². The molecule has 1 aromatic rings. The molecule has 2 rings (SSSR count). The Morgan fingerprint density at radius 3 is 2.19 bits per heavy atom. The van der Waals surface area contributed by atoms with E-state index in [1.165, 1.54) is 62.5 Å². The van der Waals surface area contributed by atoms with Gasteiger partial charge in [0.25, 0.3) is 0 Å². The molecule has 0 heterocycles. The van der Waals surface area contributed by atoms with Gasteiger partial charge in [0.05, 0.1) is 6.10 Å². The topological polar surface area (TPSA) is 12.5 Å². The molecule has 0 bridgehead atoms. The van der Waals surface area contributed by atoms with Crippen LogP contribution in [-0.4, -0.2) is 31.1 Å². The molecule has 1 saturated carbocycles. The second kappa shape index (κ2) is 13.6. The molecular formula is C23H40ClNO. The Labute approximate surface area is 168 Å². The highest BCUT2D eigenvalue weighted by molar-refractivity contribution is 5.85. The number of unbranched alkanes of at least 4 members (excludes halogenated alkanes) is 3. The Kier molecular flexibility index (Phi) is 12.3. The largest absolute Gasteiger partial charge is 0.372 e. The first-order valence-corrected chi connectivity index (χ1v) is 10.7. The molecule has 1 fully saturated rings. The number of rotatable bonds is 12. The summed E-state index contributed by atoms with van der Waals surface area (Å²) < 4.78 is 6.33. The maximum absolute atomic E-state index is 6.33. The maximum atomic E-state index is 6.33. The number of nitrogens with zero attached hydrogens (tertiary/aromatic N) is 1. The van der Waals surface area contributed by atoms with Gasteiger partial charge in [-0.3, -0.25) is 0 Å². The van der Waals surface area contributed by atoms with Crippen molar-refractivity contribution in [3.05, 3.63) is 35.4 Å². The van der Waals surface area contributed by atoms with Gasteiger partial charge in [-0.2, -0.15) is 0 Å². The molecule has 0 aliphatic heterocycles. The normalized spacial score (nSPS) is 16.0. The third-order valence-corrected chi connectivity index (χ3v) is 5.77. The van der Waals surface area contributed by atoms with Gasteiger partial charge < -0.3 is 9.64 Å². The van der Waals surface area contributed by atoms with Crippen molar-refractivity contribution >= 4 is 12.4 Å². The van der Waals surface area contributed by atoms with E-state index in [4.69, 9.17) is 4.74 Å². The van der Waals surface area contributed by atoms with E-state index in [2.05, 4.69) is 49.9 Å². The van der Waals surface area contributed by atoms with Crippen LogP contribution in [0.3, 0.4) is 0 Å². The van der Waals surface area contributed by atoms with Crippen molar-refractivity contribution in [2.24, 2.45) is 0 Å². The summed E-state index contributed by atoms with van der Waals surface area (Å²) in [6, 6.07) is 9.38. The number of ether oxygens (including phenoxy) is 1. The van der Waals surface area contributed by atoms with Crippen molar-refractivity contribution in [2.45, 2.75) is 84.2 Å². The second-order valence-corrected chi connectivity index (χ2v) is 7.55. The monoisotopic (exact) mass is 381 g/mol. The van der Waals surface area contributed by atoms with E-state index in [0.717, 1.165) is 32.2 Å². The van der Waals surface area contributed by atoms with E-state index < -0.39 is 0 Å². The van der Waals surface area contributed by atoms with Crippen LogP contribution >= 0.6 is 12.4 Å². The summed E-state index contributed by atoms with van der Waals surface area (Å²) in [6.07, 6.45) is 10.8. The Balaban J connectivity index is 0.00000338. The van der Waals surface area contributed by atoms with Crippen LogP contribution in [0.1, 0.15) is 95.3 Å². The van der Waals surface area contributed by atoms with Gasteiger partial charge in [-0.05, 0) is 49.4 Å². The van der Waals surface area contributed by atoms with Gasteiger partial charge in [0.1, 0.15) is 0 Å². The first-order chi connectivity index (χ1) is 12.3. The summed E-state index contributed by atoms with van der Waals surface area (Å²) >= 11 is 0. The lowest BCUT2D eigenvalue weighted by Crippen LogP contribution is -2.29. The molecule has 150 valence electrons. The molecule has 0 N–H and O–H groups in total. The van der Waals surface area contributed by atoms with E-state index in [1.54, 1.807) is 0 Å². The van der Waals surface area contributed by atoms with Crippen molar-refractivity contribution in [1.29, 1.82) is 0 Å². The van der Waals surface area contributed by atoms with Gasteiger partial charge >= 0.3 is 0 Å². The number of likely N-dealkylation sites (N-methyl/N-ethyl adjacent to an activating group) is 1. The van der Waals surface area contributed by atoms with Gasteiger partial charge in [-0.15, -0.1) is 12.4 Å². The smallest absolute Gasteiger partial charge is 0.0951 e. The molecule has 1 aliphatic rings. The van der Waals surface area contributed by atoms with E-state index in [9.17, 15) is 0 Å². The van der Waals surface area contributed by atoms with E-state index in [-0.39, 0.29) is 18.5 Å². The Morgan fingerprint density at radius 2 is 1.62 bits per heavy atom. The highest BCUT2D eigenvalue weighted by atomic mass is 35.5. The molecule has 1 aromatic carbocycles. The van der Waals surface area contributed by atoms with Crippen LogP contribution in [0, 0.1) is 0 Å². The van der Waals surface area contributed by atoms with Crippen LogP contribution in [-0.2, 0) is 4.74 Å². The summed E-state index contributed by atoms with van der Waals surface area (Å²) in [7, 11) is 0. The standard InChI is InChI=1S/C23H39NO.ClH/c1-4-7-8-11-18-25-23(19-24(5-2)6-3)22-16-14-21(15-17-22)20-12-9-10-13-20;/h14-17,20,23H,4-13,18-19H2,1-3H3;1H. The summed E-state index contributed by atoms with van der Waals surface area (Å²) in [5, 5.41) is 0. The molecule has 0 amide bonds. The van der Waals surface area contributed by atoms with Crippen molar-refractivity contribution in [2.75, 3.05) is 26.2 Å². The molecule has 1 atom stereocenters. The molecule has 3 heteroatoms. The first-order valence-electron chi connectivity index (χ1n) is 10.7.